The van der Waals surface area contributed by atoms with Gasteiger partial charge in [0.2, 0.25) is 5.91 Å². The SMILES string of the molecule is COCCN(C(=O)CC(CN)OC)C(C)C1CC1. The van der Waals surface area contributed by atoms with E-state index < -0.39 is 0 Å². The number of ether oxygens (including phenoxy) is 2. The van der Waals surface area contributed by atoms with Gasteiger partial charge in [-0.2, -0.15) is 0 Å². The summed E-state index contributed by atoms with van der Waals surface area (Å²) in [6.45, 7) is 3.71. The van der Waals surface area contributed by atoms with Crippen molar-refractivity contribution in [3.63, 3.8) is 0 Å². The van der Waals surface area contributed by atoms with Gasteiger partial charge in [0.15, 0.2) is 0 Å². The van der Waals surface area contributed by atoms with Gasteiger partial charge in [0.05, 0.1) is 19.1 Å². The summed E-state index contributed by atoms with van der Waals surface area (Å²) in [6, 6.07) is 0.294. The third kappa shape index (κ3) is 4.55. The zero-order valence-corrected chi connectivity index (χ0v) is 11.7. The first-order chi connectivity index (χ1) is 8.63. The van der Waals surface area contributed by atoms with Crippen LogP contribution >= 0.6 is 0 Å². The van der Waals surface area contributed by atoms with Crippen LogP contribution in [-0.4, -0.2) is 56.9 Å². The second kappa shape index (κ2) is 7.71. The number of methoxy groups -OCH3 is 2. The molecule has 0 bridgehead atoms. The first-order valence-corrected chi connectivity index (χ1v) is 6.65. The molecule has 18 heavy (non-hydrogen) atoms. The van der Waals surface area contributed by atoms with Gasteiger partial charge in [-0.1, -0.05) is 0 Å². The fraction of sp³-hybridized carbons (Fsp3) is 0.923. The van der Waals surface area contributed by atoms with Crippen molar-refractivity contribution < 1.29 is 14.3 Å². The van der Waals surface area contributed by atoms with E-state index in [1.165, 1.54) is 12.8 Å². The summed E-state index contributed by atoms with van der Waals surface area (Å²) in [5, 5.41) is 0. The van der Waals surface area contributed by atoms with Crippen LogP contribution in [0.4, 0.5) is 0 Å². The Balaban J connectivity index is 2.53. The Morgan fingerprint density at radius 3 is 2.56 bits per heavy atom. The molecule has 0 aliphatic heterocycles. The summed E-state index contributed by atoms with van der Waals surface area (Å²) in [6.07, 6.45) is 2.62. The van der Waals surface area contributed by atoms with Crippen molar-refractivity contribution in [2.24, 2.45) is 11.7 Å². The molecule has 0 aromatic rings. The Bertz CT molecular complexity index is 253. The number of nitrogens with zero attached hydrogens (tertiary/aromatic N) is 1. The van der Waals surface area contributed by atoms with Crippen molar-refractivity contribution in [2.75, 3.05) is 33.9 Å². The van der Waals surface area contributed by atoms with Crippen LogP contribution in [0.2, 0.25) is 0 Å². The highest BCUT2D eigenvalue weighted by Crippen LogP contribution is 2.35. The van der Waals surface area contributed by atoms with Gasteiger partial charge in [-0.05, 0) is 25.7 Å². The molecular weight excluding hydrogens is 232 g/mol. The van der Waals surface area contributed by atoms with E-state index in [9.17, 15) is 4.79 Å². The zero-order valence-electron chi connectivity index (χ0n) is 11.7. The normalized spacial score (nSPS) is 18.4. The van der Waals surface area contributed by atoms with Crippen LogP contribution in [0.1, 0.15) is 26.2 Å². The van der Waals surface area contributed by atoms with Crippen molar-refractivity contribution in [1.82, 2.24) is 4.90 Å². The maximum Gasteiger partial charge on any atom is 0.225 e. The number of hydrogen-bond acceptors (Lipinski definition) is 4. The van der Waals surface area contributed by atoms with Crippen molar-refractivity contribution in [3.8, 4) is 0 Å². The van der Waals surface area contributed by atoms with Gasteiger partial charge in [-0.25, -0.2) is 0 Å². The molecule has 1 aliphatic carbocycles. The minimum atomic E-state index is -0.186. The molecule has 0 saturated heterocycles. The standard InChI is InChI=1S/C13H26N2O3/c1-10(11-4-5-11)15(6-7-17-2)13(16)8-12(9-14)18-3/h10-12H,4-9,14H2,1-3H3. The minimum Gasteiger partial charge on any atom is -0.383 e. The highest BCUT2D eigenvalue weighted by atomic mass is 16.5. The minimum absolute atomic E-state index is 0.115. The molecule has 5 nitrogen and oxygen atoms in total. The summed E-state index contributed by atoms with van der Waals surface area (Å²) >= 11 is 0. The van der Waals surface area contributed by atoms with Crippen LogP contribution in [0.3, 0.4) is 0 Å². The lowest BCUT2D eigenvalue weighted by molar-refractivity contribution is -0.136. The second-order valence-electron chi connectivity index (χ2n) is 4.96. The van der Waals surface area contributed by atoms with Gasteiger partial charge in [0.25, 0.3) is 0 Å². The van der Waals surface area contributed by atoms with E-state index in [0.29, 0.717) is 38.1 Å². The van der Waals surface area contributed by atoms with E-state index in [1.807, 2.05) is 4.90 Å². The first-order valence-electron chi connectivity index (χ1n) is 6.65. The fourth-order valence-corrected chi connectivity index (χ4v) is 2.15. The maximum absolute atomic E-state index is 12.3. The van der Waals surface area contributed by atoms with Crippen LogP contribution in [0, 0.1) is 5.92 Å². The van der Waals surface area contributed by atoms with Gasteiger partial charge in [0.1, 0.15) is 0 Å². The molecule has 1 aliphatic rings. The molecule has 0 aromatic carbocycles. The van der Waals surface area contributed by atoms with E-state index in [-0.39, 0.29) is 12.0 Å². The lowest BCUT2D eigenvalue weighted by atomic mass is 10.1. The van der Waals surface area contributed by atoms with Crippen LogP contribution in [0.5, 0.6) is 0 Å². The van der Waals surface area contributed by atoms with E-state index in [0.717, 1.165) is 0 Å². The lowest BCUT2D eigenvalue weighted by Gasteiger charge is -2.30. The zero-order chi connectivity index (χ0) is 13.5. The summed E-state index contributed by atoms with van der Waals surface area (Å²) in [5.41, 5.74) is 5.56. The van der Waals surface area contributed by atoms with Crippen LogP contribution < -0.4 is 5.73 Å². The van der Waals surface area contributed by atoms with Crippen LogP contribution in [0.25, 0.3) is 0 Å². The van der Waals surface area contributed by atoms with Crippen molar-refractivity contribution in [1.29, 1.82) is 0 Å². The van der Waals surface area contributed by atoms with E-state index in [2.05, 4.69) is 6.92 Å². The molecule has 0 heterocycles. The van der Waals surface area contributed by atoms with Gasteiger partial charge in [-0.3, -0.25) is 4.79 Å². The molecule has 2 atom stereocenters. The van der Waals surface area contributed by atoms with Gasteiger partial charge in [-0.15, -0.1) is 0 Å². The average molecular weight is 258 g/mol. The number of hydrogen-bond donors (Lipinski definition) is 1. The fourth-order valence-electron chi connectivity index (χ4n) is 2.15. The van der Waals surface area contributed by atoms with Gasteiger partial charge < -0.3 is 20.1 Å². The Labute approximate surface area is 110 Å². The van der Waals surface area contributed by atoms with Crippen LogP contribution in [0.15, 0.2) is 0 Å². The highest BCUT2D eigenvalue weighted by Gasteiger charge is 2.34. The predicted molar refractivity (Wildman–Crippen MR) is 70.2 cm³/mol. The Morgan fingerprint density at radius 1 is 1.44 bits per heavy atom. The molecule has 1 fully saturated rings. The summed E-state index contributed by atoms with van der Waals surface area (Å²) < 4.78 is 10.3. The van der Waals surface area contributed by atoms with Crippen molar-refractivity contribution in [3.05, 3.63) is 0 Å². The quantitative estimate of drug-likeness (QED) is 0.658. The predicted octanol–water partition coefficient (Wildman–Crippen LogP) is 0.624. The molecule has 1 saturated carbocycles. The van der Waals surface area contributed by atoms with Crippen LogP contribution in [-0.2, 0) is 14.3 Å². The summed E-state index contributed by atoms with van der Waals surface area (Å²) in [5.74, 6) is 0.772. The van der Waals surface area contributed by atoms with Crippen molar-refractivity contribution in [2.45, 2.75) is 38.3 Å². The maximum atomic E-state index is 12.3. The molecule has 0 spiro atoms. The lowest BCUT2D eigenvalue weighted by Crippen LogP contribution is -2.44. The highest BCUT2D eigenvalue weighted by molar-refractivity contribution is 5.77. The van der Waals surface area contributed by atoms with Gasteiger partial charge >= 0.3 is 0 Å². The molecule has 1 rings (SSSR count). The van der Waals surface area contributed by atoms with E-state index in [1.54, 1.807) is 14.2 Å². The molecular formula is C13H26N2O3. The first kappa shape index (κ1) is 15.4. The summed E-state index contributed by atoms with van der Waals surface area (Å²) in [7, 11) is 3.25. The molecule has 2 unspecified atom stereocenters. The number of rotatable bonds is 9. The number of carbonyl (C=O) groups is 1. The Morgan fingerprint density at radius 2 is 2.11 bits per heavy atom. The van der Waals surface area contributed by atoms with Crippen molar-refractivity contribution >= 4 is 5.91 Å². The number of amides is 1. The second-order valence-corrected chi connectivity index (χ2v) is 4.96. The third-order valence-electron chi connectivity index (χ3n) is 3.65. The summed E-state index contributed by atoms with van der Waals surface area (Å²) in [4.78, 5) is 14.2. The van der Waals surface area contributed by atoms with E-state index in [4.69, 9.17) is 15.2 Å². The average Bonchev–Trinajstić information content (AvgIpc) is 3.20. The molecule has 2 N–H and O–H groups in total. The topological polar surface area (TPSA) is 64.8 Å². The molecule has 1 amide bonds. The third-order valence-corrected chi connectivity index (χ3v) is 3.65. The van der Waals surface area contributed by atoms with E-state index >= 15 is 0 Å². The Kier molecular flexibility index (Phi) is 6.60. The molecule has 5 heteroatoms. The monoisotopic (exact) mass is 258 g/mol. The smallest absolute Gasteiger partial charge is 0.225 e. The number of carbonyl (C=O) groups excluding carboxylic acids is 1. The molecule has 106 valence electrons. The van der Waals surface area contributed by atoms with Gasteiger partial charge in [0, 0.05) is 33.4 Å². The largest absolute Gasteiger partial charge is 0.383 e. The Hall–Kier alpha value is -0.650. The molecule has 0 radical (unpaired) electrons. The molecule has 0 aromatic heterocycles. The number of nitrogens with two attached hydrogens (primary N) is 1.